The number of rotatable bonds is 12. The molecule has 7 aromatic rings. The standard InChI is InChI=1S/C41H37IN6O/c1-2-3-23-37-39(42)47(38(29-49)43-37)28-30-24-26-31(27-25-30)35-21-13-14-22-36(35)40-44-46-48(45-40)41(32-15-7-4-8-16-32,33-17-9-5-10-18-33)34-19-11-6-12-20-34/h4-22,24-27,49H,2-3,23,28-29H2,1H3. The van der Waals surface area contributed by atoms with Gasteiger partial charge < -0.3 is 9.67 Å². The summed E-state index contributed by atoms with van der Waals surface area (Å²) in [6, 6.07) is 47.9. The highest BCUT2D eigenvalue weighted by Gasteiger charge is 2.41. The maximum atomic E-state index is 10.0. The van der Waals surface area contributed by atoms with Gasteiger partial charge in [-0.1, -0.05) is 153 Å². The van der Waals surface area contributed by atoms with Crippen LogP contribution in [0.25, 0.3) is 22.5 Å². The zero-order valence-electron chi connectivity index (χ0n) is 27.3. The van der Waals surface area contributed by atoms with E-state index in [2.05, 4.69) is 143 Å². The van der Waals surface area contributed by atoms with E-state index in [1.165, 1.54) is 0 Å². The molecule has 0 aliphatic heterocycles. The second kappa shape index (κ2) is 14.7. The first-order chi connectivity index (χ1) is 24.1. The van der Waals surface area contributed by atoms with Crippen LogP contribution in [-0.4, -0.2) is 34.9 Å². The van der Waals surface area contributed by atoms with Gasteiger partial charge in [-0.15, -0.1) is 15.0 Å². The van der Waals surface area contributed by atoms with Crippen molar-refractivity contribution < 1.29 is 5.11 Å². The van der Waals surface area contributed by atoms with Gasteiger partial charge in [0.2, 0.25) is 5.82 Å². The minimum absolute atomic E-state index is 0.0820. The van der Waals surface area contributed by atoms with Crippen molar-refractivity contribution in [3.05, 3.63) is 177 Å². The minimum atomic E-state index is -0.847. The molecule has 0 fully saturated rings. The number of nitrogens with zero attached hydrogens (tertiary/aromatic N) is 6. The quantitative estimate of drug-likeness (QED) is 0.0999. The number of benzene rings is 5. The van der Waals surface area contributed by atoms with Gasteiger partial charge in [-0.2, -0.15) is 0 Å². The van der Waals surface area contributed by atoms with Gasteiger partial charge in [0, 0.05) is 12.1 Å². The zero-order valence-corrected chi connectivity index (χ0v) is 29.5. The summed E-state index contributed by atoms with van der Waals surface area (Å²) in [6.07, 6.45) is 3.12. The summed E-state index contributed by atoms with van der Waals surface area (Å²) in [6.45, 7) is 2.75. The molecule has 0 aliphatic rings. The molecule has 0 spiro atoms. The lowest BCUT2D eigenvalue weighted by molar-refractivity contribution is 0.265. The second-order valence-corrected chi connectivity index (χ2v) is 13.1. The molecule has 5 aromatic carbocycles. The van der Waals surface area contributed by atoms with Crippen LogP contribution in [0.2, 0.25) is 0 Å². The van der Waals surface area contributed by atoms with Gasteiger partial charge in [0.15, 0.2) is 5.54 Å². The fraction of sp³-hybridized carbons (Fsp3) is 0.171. The summed E-state index contributed by atoms with van der Waals surface area (Å²) >= 11 is 2.36. The monoisotopic (exact) mass is 756 g/mol. The predicted molar refractivity (Wildman–Crippen MR) is 202 cm³/mol. The summed E-state index contributed by atoms with van der Waals surface area (Å²) in [7, 11) is 0. The third kappa shape index (κ3) is 6.34. The molecule has 7 nitrogen and oxygen atoms in total. The molecule has 0 bridgehead atoms. The van der Waals surface area contributed by atoms with Crippen molar-refractivity contribution in [2.45, 2.75) is 44.9 Å². The summed E-state index contributed by atoms with van der Waals surface area (Å²) < 4.78 is 3.21. The number of unbranched alkanes of at least 4 members (excludes halogenated alkanes) is 1. The Labute approximate surface area is 300 Å². The molecule has 49 heavy (non-hydrogen) atoms. The first-order valence-corrected chi connectivity index (χ1v) is 17.7. The van der Waals surface area contributed by atoms with Crippen LogP contribution in [0.5, 0.6) is 0 Å². The summed E-state index contributed by atoms with van der Waals surface area (Å²) in [5, 5.41) is 24.7. The Kier molecular flexibility index (Phi) is 9.77. The third-order valence-electron chi connectivity index (χ3n) is 9.02. The van der Waals surface area contributed by atoms with Crippen molar-refractivity contribution in [1.29, 1.82) is 0 Å². The normalized spacial score (nSPS) is 11.6. The van der Waals surface area contributed by atoms with Crippen LogP contribution in [0.4, 0.5) is 0 Å². The van der Waals surface area contributed by atoms with Crippen LogP contribution in [-0.2, 0) is 25.1 Å². The van der Waals surface area contributed by atoms with Crippen molar-refractivity contribution in [2.24, 2.45) is 0 Å². The Morgan fingerprint density at radius 3 is 1.80 bits per heavy atom. The molecular weight excluding hydrogens is 719 g/mol. The van der Waals surface area contributed by atoms with Gasteiger partial charge in [0.1, 0.15) is 16.1 Å². The number of tetrazole rings is 1. The topological polar surface area (TPSA) is 81.7 Å². The third-order valence-corrected chi connectivity index (χ3v) is 10.2. The molecule has 244 valence electrons. The molecular formula is C41H37IN6O. The molecule has 2 aromatic heterocycles. The first-order valence-electron chi connectivity index (χ1n) is 16.6. The number of aliphatic hydroxyl groups is 1. The van der Waals surface area contributed by atoms with Crippen LogP contribution < -0.4 is 0 Å². The van der Waals surface area contributed by atoms with E-state index < -0.39 is 5.54 Å². The number of aromatic nitrogens is 6. The molecule has 2 heterocycles. The van der Waals surface area contributed by atoms with Crippen molar-refractivity contribution in [3.63, 3.8) is 0 Å². The van der Waals surface area contributed by atoms with E-state index in [-0.39, 0.29) is 6.61 Å². The van der Waals surface area contributed by atoms with E-state index in [0.29, 0.717) is 18.2 Å². The van der Waals surface area contributed by atoms with E-state index in [1.807, 2.05) is 30.3 Å². The van der Waals surface area contributed by atoms with Gasteiger partial charge >= 0.3 is 0 Å². The Balaban J connectivity index is 1.27. The molecule has 0 amide bonds. The number of imidazole rings is 1. The summed E-state index contributed by atoms with van der Waals surface area (Å²) in [5.74, 6) is 1.25. The average molecular weight is 757 g/mol. The maximum absolute atomic E-state index is 10.0. The molecule has 0 unspecified atom stereocenters. The van der Waals surface area contributed by atoms with E-state index in [0.717, 1.165) is 67.6 Å². The number of hydrogen-bond acceptors (Lipinski definition) is 5. The lowest BCUT2D eigenvalue weighted by Gasteiger charge is -2.34. The highest BCUT2D eigenvalue weighted by atomic mass is 127. The molecule has 0 atom stereocenters. The number of hydrogen-bond donors (Lipinski definition) is 1. The van der Waals surface area contributed by atoms with Crippen LogP contribution >= 0.6 is 22.6 Å². The second-order valence-electron chi connectivity index (χ2n) is 12.1. The minimum Gasteiger partial charge on any atom is -0.388 e. The van der Waals surface area contributed by atoms with E-state index in [1.54, 1.807) is 4.80 Å². The molecule has 7 rings (SSSR count). The Bertz CT molecular complexity index is 2030. The van der Waals surface area contributed by atoms with Crippen LogP contribution in [0.1, 0.15) is 53.5 Å². The zero-order chi connectivity index (χ0) is 33.6. The number of aryl methyl sites for hydroxylation is 1. The number of halogens is 1. The van der Waals surface area contributed by atoms with E-state index in [4.69, 9.17) is 20.4 Å². The Morgan fingerprint density at radius 1 is 0.694 bits per heavy atom. The maximum Gasteiger partial charge on any atom is 0.205 e. The van der Waals surface area contributed by atoms with Gasteiger partial charge in [-0.25, -0.2) is 4.98 Å². The summed E-state index contributed by atoms with van der Waals surface area (Å²) in [4.78, 5) is 6.50. The van der Waals surface area contributed by atoms with Gasteiger partial charge in [0.25, 0.3) is 0 Å². The first kappa shape index (κ1) is 32.6. The molecule has 0 saturated heterocycles. The van der Waals surface area contributed by atoms with Gasteiger partial charge in [0.05, 0.1) is 5.69 Å². The Hall–Kier alpha value is -4.93. The smallest absolute Gasteiger partial charge is 0.205 e. The number of aliphatic hydroxyl groups excluding tert-OH is 1. The largest absolute Gasteiger partial charge is 0.388 e. The average Bonchev–Trinajstić information content (AvgIpc) is 3.77. The molecule has 1 N–H and O–H groups in total. The predicted octanol–water partition coefficient (Wildman–Crippen LogP) is 8.53. The highest BCUT2D eigenvalue weighted by Crippen LogP contribution is 2.40. The lowest BCUT2D eigenvalue weighted by Crippen LogP contribution is -2.39. The van der Waals surface area contributed by atoms with Crippen molar-refractivity contribution in [1.82, 2.24) is 29.8 Å². The molecule has 0 aliphatic carbocycles. The fourth-order valence-corrected chi connectivity index (χ4v) is 7.41. The SMILES string of the molecule is CCCCc1nc(CO)n(Cc2ccc(-c3ccccc3-c3nnn(C(c4ccccc4)(c4ccccc4)c4ccccc4)n3)cc2)c1I. The molecule has 8 heteroatoms. The van der Waals surface area contributed by atoms with Crippen molar-refractivity contribution in [2.75, 3.05) is 0 Å². The highest BCUT2D eigenvalue weighted by molar-refractivity contribution is 14.1. The summed E-state index contributed by atoms with van der Waals surface area (Å²) in [5.41, 5.74) is 7.44. The van der Waals surface area contributed by atoms with Crippen LogP contribution in [0.3, 0.4) is 0 Å². The van der Waals surface area contributed by atoms with Gasteiger partial charge in [-0.3, -0.25) is 0 Å². The molecule has 0 radical (unpaired) electrons. The van der Waals surface area contributed by atoms with Crippen LogP contribution in [0, 0.1) is 3.70 Å². The Morgan fingerprint density at radius 2 is 1.24 bits per heavy atom. The van der Waals surface area contributed by atoms with E-state index in [9.17, 15) is 5.11 Å². The molecule has 0 saturated carbocycles. The lowest BCUT2D eigenvalue weighted by atomic mass is 9.77. The van der Waals surface area contributed by atoms with Crippen molar-refractivity contribution >= 4 is 22.6 Å². The van der Waals surface area contributed by atoms with Gasteiger partial charge in [-0.05, 0) is 74.0 Å². The van der Waals surface area contributed by atoms with Crippen LogP contribution in [0.15, 0.2) is 140 Å². The fourth-order valence-electron chi connectivity index (χ4n) is 6.57. The van der Waals surface area contributed by atoms with E-state index >= 15 is 0 Å². The van der Waals surface area contributed by atoms with Crippen molar-refractivity contribution in [3.8, 4) is 22.5 Å².